The van der Waals surface area contributed by atoms with Crippen molar-refractivity contribution in [1.29, 1.82) is 0 Å². The fraction of sp³-hybridized carbons (Fsp3) is 0.446. The molecule has 11 N–H and O–H groups in total. The summed E-state index contributed by atoms with van der Waals surface area (Å²) in [6, 6.07) is 30.7. The number of allylic oxidation sites excluding steroid dienone is 1. The van der Waals surface area contributed by atoms with Crippen molar-refractivity contribution < 1.29 is 30.6 Å². The van der Waals surface area contributed by atoms with Crippen LogP contribution < -0.4 is 16.0 Å². The summed E-state index contributed by atoms with van der Waals surface area (Å²) in [6.07, 6.45) is 35.7. The van der Waals surface area contributed by atoms with Gasteiger partial charge in [-0.3, -0.25) is 0 Å². The molecule has 0 radical (unpaired) electrons. The Bertz CT molecular complexity index is 3760. The number of hydrogen-bond acceptors (Lipinski definition) is 10. The third-order valence-corrected chi connectivity index (χ3v) is 24.1. The number of piperidine rings is 2. The number of benzene rings is 5. The van der Waals surface area contributed by atoms with Gasteiger partial charge in [-0.2, -0.15) is 0 Å². The van der Waals surface area contributed by atoms with Crippen LogP contribution in [0.25, 0.3) is 22.9 Å². The van der Waals surface area contributed by atoms with E-state index in [4.69, 9.17) is 10.3 Å². The van der Waals surface area contributed by atoms with E-state index in [1.165, 1.54) is 103 Å². The Hall–Kier alpha value is -7.09. The molecule has 6 fully saturated rings. The number of aromatic amines is 2. The monoisotopic (exact) mass is 1150 g/mol. The highest BCUT2D eigenvalue weighted by molar-refractivity contribution is 6.03. The van der Waals surface area contributed by atoms with E-state index < -0.39 is 11.5 Å². The molecule has 446 valence electrons. The van der Waals surface area contributed by atoms with Crippen molar-refractivity contribution in [3.63, 3.8) is 0 Å². The lowest BCUT2D eigenvalue weighted by Gasteiger charge is -2.75. The zero-order valence-electron chi connectivity index (χ0n) is 49.5. The van der Waals surface area contributed by atoms with Gasteiger partial charge in [0.05, 0.1) is 17.8 Å². The molecular formula is C74H84N6O6. The van der Waals surface area contributed by atoms with Crippen molar-refractivity contribution >= 4 is 22.9 Å². The number of H-pyrrole nitrogens is 2. The minimum Gasteiger partial charge on any atom is -0.507 e. The molecule has 5 aliphatic carbocycles. The molecule has 8 aliphatic rings. The van der Waals surface area contributed by atoms with E-state index in [0.29, 0.717) is 52.7 Å². The normalized spacial score (nSPS) is 33.3. The first-order chi connectivity index (χ1) is 41.9. The molecule has 4 saturated carbocycles. The second kappa shape index (κ2) is 21.6. The Kier molecular flexibility index (Phi) is 14.0. The van der Waals surface area contributed by atoms with Gasteiger partial charge in [0.15, 0.2) is 23.0 Å². The second-order valence-electron chi connectivity index (χ2n) is 27.6. The maximum atomic E-state index is 13.2. The molecule has 12 heteroatoms. The van der Waals surface area contributed by atoms with Gasteiger partial charge < -0.3 is 56.6 Å². The molecule has 3 aliphatic heterocycles. The lowest BCUT2D eigenvalue weighted by Crippen LogP contribution is -2.78. The lowest BCUT2D eigenvalue weighted by atomic mass is 9.31. The van der Waals surface area contributed by atoms with Crippen molar-refractivity contribution in [3.05, 3.63) is 190 Å². The highest BCUT2D eigenvalue weighted by atomic mass is 16.3. The van der Waals surface area contributed by atoms with Crippen molar-refractivity contribution in [3.8, 4) is 28.7 Å². The smallest absolute Gasteiger partial charge is 0.169 e. The van der Waals surface area contributed by atoms with Crippen LogP contribution in [-0.2, 0) is 31.1 Å². The van der Waals surface area contributed by atoms with E-state index in [-0.39, 0.29) is 86.4 Å². The standard InChI is InChI=1S/C74H84N6O6/c1-2-46-39-76-40-49(46)27-32-75-41-50-34-56(47-9-4-3-5-10-47)60-38-71(37-59(50)79-60)36-58(80-70-57(71)35-52-12-8-29-73(52)31-30-72-28-7-11-51(72)22-26-63(83)69(72)74(70,73)65-42-77-43-78-65)48-20-15-44(16-21-48)17-24-55-53(23-18-45-19-25-61(81)64(84)33-45)54-13-6-14-62(82)66(54)68(86)67(55)85/h3-6,9-10,13-16,18-23,25-26,33-34,39-40,42-43,51-52,56-60,63,69-70,75-76,79-86H,2,7-8,11-12,17,24,27-32,35-38,41H2,1H3,(H,77,78)/b23-18+/t51-,52-,56-,57+,58-,59+,60-,63-,69+,70+,71+,72+,73-,74+/m1/s1. The first-order valence-electron chi connectivity index (χ1n) is 32.4. The Balaban J connectivity index is 0.824. The molecule has 12 nitrogen and oxygen atoms in total. The van der Waals surface area contributed by atoms with Gasteiger partial charge in [-0.25, -0.2) is 4.98 Å². The Morgan fingerprint density at radius 1 is 0.733 bits per heavy atom. The molecule has 2 saturated heterocycles. The average molecular weight is 1150 g/mol. The van der Waals surface area contributed by atoms with Crippen LogP contribution in [0, 0.1) is 39.9 Å². The van der Waals surface area contributed by atoms with Crippen LogP contribution in [0.15, 0.2) is 140 Å². The maximum Gasteiger partial charge on any atom is 0.169 e. The van der Waals surface area contributed by atoms with E-state index in [1.54, 1.807) is 18.2 Å². The Labute approximate surface area is 505 Å². The fourth-order valence-corrected chi connectivity index (χ4v) is 20.6. The van der Waals surface area contributed by atoms with Crippen molar-refractivity contribution in [2.75, 3.05) is 13.1 Å². The summed E-state index contributed by atoms with van der Waals surface area (Å²) in [5, 5.41) is 81.6. The highest BCUT2D eigenvalue weighted by Crippen LogP contribution is 2.79. The van der Waals surface area contributed by atoms with E-state index in [1.807, 2.05) is 18.5 Å². The van der Waals surface area contributed by atoms with Crippen molar-refractivity contribution in [1.82, 2.24) is 30.9 Å². The number of aromatic hydroxyl groups is 5. The number of phenolic OH excluding ortho intramolecular Hbond substituents is 5. The summed E-state index contributed by atoms with van der Waals surface area (Å²) < 4.78 is 0. The van der Waals surface area contributed by atoms with Crippen LogP contribution in [0.5, 0.6) is 28.7 Å². The minimum atomic E-state index is -0.566. The van der Waals surface area contributed by atoms with Crippen LogP contribution in [0.2, 0.25) is 0 Å². The average Bonchev–Trinajstić information content (AvgIpc) is 1.18. The van der Waals surface area contributed by atoms with Gasteiger partial charge in [-0.05, 0) is 199 Å². The van der Waals surface area contributed by atoms with Gasteiger partial charge in [0.2, 0.25) is 0 Å². The summed E-state index contributed by atoms with van der Waals surface area (Å²) in [6.45, 7) is 3.98. The predicted octanol–water partition coefficient (Wildman–Crippen LogP) is 12.9. The van der Waals surface area contributed by atoms with Gasteiger partial charge in [0.1, 0.15) is 5.75 Å². The number of aromatic nitrogens is 3. The zero-order chi connectivity index (χ0) is 58.5. The number of aliphatic hydroxyl groups is 1. The molecule has 7 aromatic rings. The molecule has 5 aromatic carbocycles. The molecule has 3 spiro atoms. The number of hydrogen-bond donors (Lipinski definition) is 11. The molecule has 14 atom stereocenters. The van der Waals surface area contributed by atoms with Gasteiger partial charge in [-0.15, -0.1) is 0 Å². The highest BCUT2D eigenvalue weighted by Gasteiger charge is 2.78. The number of nitrogens with zero attached hydrogens (tertiary/aromatic N) is 1. The van der Waals surface area contributed by atoms with E-state index in [2.05, 4.69) is 119 Å². The summed E-state index contributed by atoms with van der Waals surface area (Å²) in [4.78, 5) is 12.2. The van der Waals surface area contributed by atoms with Crippen LogP contribution in [-0.4, -0.2) is 82.9 Å². The van der Waals surface area contributed by atoms with Gasteiger partial charge >= 0.3 is 0 Å². The van der Waals surface area contributed by atoms with Crippen LogP contribution in [0.1, 0.15) is 146 Å². The molecule has 0 unspecified atom stereocenters. The summed E-state index contributed by atoms with van der Waals surface area (Å²) in [7, 11) is 0. The molecule has 5 heterocycles. The van der Waals surface area contributed by atoms with E-state index in [9.17, 15) is 30.6 Å². The predicted molar refractivity (Wildman–Crippen MR) is 338 cm³/mol. The molecule has 2 aromatic heterocycles. The quantitative estimate of drug-likeness (QED) is 0.0215. The third-order valence-electron chi connectivity index (χ3n) is 24.1. The van der Waals surface area contributed by atoms with Gasteiger partial charge in [0.25, 0.3) is 0 Å². The van der Waals surface area contributed by atoms with Crippen LogP contribution in [0.4, 0.5) is 0 Å². The number of imidazole rings is 1. The lowest BCUT2D eigenvalue weighted by molar-refractivity contribution is -0.217. The Morgan fingerprint density at radius 3 is 2.40 bits per heavy atom. The number of fused-ring (bicyclic) bond motifs is 7. The minimum absolute atomic E-state index is 0.00131. The SMILES string of the molecule is CCc1c[nH]cc1CCNCC1=C[C@H](c2ccccc2)[C@H]2C[C@@]3(C[C@@H]1N2)C[C@H](c1ccc(CCc2c(O)c(O)c4c(O)cccc4c2/C=C/c2ccc(O)c(O)c2)cc1)N[C@H]1[C@@H]3C[C@H]2CCC[C@@]23CC[C@@]24CCC[C@@H]2C=C[C@@H](O)[C@@H]4[C@@]13c1cnc[nH]1. The largest absolute Gasteiger partial charge is 0.507 e. The summed E-state index contributed by atoms with van der Waals surface area (Å²) >= 11 is 0. The number of aryl methyl sites for hydroxylation is 2. The van der Waals surface area contributed by atoms with E-state index in [0.717, 1.165) is 57.2 Å². The first-order valence-corrected chi connectivity index (χ1v) is 32.4. The number of rotatable bonds is 14. The van der Waals surface area contributed by atoms with Crippen LogP contribution in [0.3, 0.4) is 0 Å². The molecule has 86 heavy (non-hydrogen) atoms. The van der Waals surface area contributed by atoms with Crippen molar-refractivity contribution in [2.45, 2.75) is 151 Å². The third kappa shape index (κ3) is 8.68. The number of aliphatic hydroxyl groups excluding tert-OH is 1. The first kappa shape index (κ1) is 55.5. The van der Waals surface area contributed by atoms with Gasteiger partial charge in [-0.1, -0.05) is 123 Å². The molecular weight excluding hydrogens is 1070 g/mol. The number of phenols is 5. The maximum absolute atomic E-state index is 13.2. The number of nitrogens with one attached hydrogen (secondary N) is 5. The second-order valence-corrected chi connectivity index (χ2v) is 27.6. The molecule has 15 rings (SSSR count). The Morgan fingerprint density at radius 2 is 1.57 bits per heavy atom. The van der Waals surface area contributed by atoms with Crippen LogP contribution >= 0.6 is 0 Å². The fourth-order valence-electron chi connectivity index (χ4n) is 20.6. The van der Waals surface area contributed by atoms with Gasteiger partial charge in [0, 0.05) is 77.8 Å². The zero-order valence-corrected chi connectivity index (χ0v) is 49.5. The van der Waals surface area contributed by atoms with E-state index >= 15 is 0 Å². The molecule has 2 bridgehead atoms. The van der Waals surface area contributed by atoms with Crippen molar-refractivity contribution in [2.24, 2.45) is 39.9 Å². The summed E-state index contributed by atoms with van der Waals surface area (Å²) in [5.74, 6) is 0.359. The summed E-state index contributed by atoms with van der Waals surface area (Å²) in [5.41, 5.74) is 10.6. The molecule has 0 amide bonds. The topological polar surface area (TPSA) is 202 Å².